The molecule has 1 saturated carbocycles. The Kier molecular flexibility index (Phi) is 4.66. The van der Waals surface area contributed by atoms with Crippen molar-refractivity contribution in [1.29, 1.82) is 0 Å². The second-order valence-electron chi connectivity index (χ2n) is 6.62. The number of nitrogens with two attached hydrogens (primary N) is 1. The standard InChI is InChI=1S/C17H23N3O5/c1-3-24-14-9-13(17(14)5-4-6-25-17)19-16(21)11-7-10(2)8-12(15(11)18)20(22)23/h7-8,13-14H,3-6,9,18H2,1-2H3,(H,19,21)/t13-,14-,17+/m1/s1. The van der Waals surface area contributed by atoms with E-state index in [1.165, 1.54) is 6.07 Å². The summed E-state index contributed by atoms with van der Waals surface area (Å²) in [4.78, 5) is 23.2. The van der Waals surface area contributed by atoms with Crippen molar-refractivity contribution in [3.05, 3.63) is 33.4 Å². The van der Waals surface area contributed by atoms with E-state index >= 15 is 0 Å². The fourth-order valence-electron chi connectivity index (χ4n) is 3.83. The number of hydrogen-bond donors (Lipinski definition) is 2. The van der Waals surface area contributed by atoms with Crippen molar-refractivity contribution < 1.29 is 19.2 Å². The molecule has 1 spiro atoms. The van der Waals surface area contributed by atoms with Crippen LogP contribution in [0.1, 0.15) is 42.1 Å². The van der Waals surface area contributed by atoms with Crippen LogP contribution in [0.5, 0.6) is 0 Å². The highest BCUT2D eigenvalue weighted by Crippen LogP contribution is 2.45. The number of nitro groups is 1. The van der Waals surface area contributed by atoms with E-state index in [0.717, 1.165) is 12.8 Å². The van der Waals surface area contributed by atoms with Gasteiger partial charge in [-0.1, -0.05) is 0 Å². The Morgan fingerprint density at radius 3 is 2.92 bits per heavy atom. The molecule has 0 aromatic heterocycles. The molecule has 1 aromatic rings. The molecule has 25 heavy (non-hydrogen) atoms. The van der Waals surface area contributed by atoms with Gasteiger partial charge in [-0.05, 0) is 44.7 Å². The molecule has 3 atom stereocenters. The Morgan fingerprint density at radius 2 is 2.32 bits per heavy atom. The Bertz CT molecular complexity index is 700. The van der Waals surface area contributed by atoms with E-state index in [1.807, 2.05) is 6.92 Å². The number of nitrogens with one attached hydrogen (secondary N) is 1. The van der Waals surface area contributed by atoms with E-state index in [4.69, 9.17) is 15.2 Å². The van der Waals surface area contributed by atoms with Crippen LogP contribution in [0.3, 0.4) is 0 Å². The lowest BCUT2D eigenvalue weighted by Gasteiger charge is -2.52. The van der Waals surface area contributed by atoms with Crippen LogP contribution in [0.4, 0.5) is 11.4 Å². The maximum atomic E-state index is 12.7. The van der Waals surface area contributed by atoms with Crippen LogP contribution < -0.4 is 11.1 Å². The lowest BCUT2D eigenvalue weighted by atomic mass is 9.70. The van der Waals surface area contributed by atoms with Gasteiger partial charge in [-0.2, -0.15) is 0 Å². The Labute approximate surface area is 145 Å². The summed E-state index contributed by atoms with van der Waals surface area (Å²) in [5.41, 5.74) is 5.73. The smallest absolute Gasteiger partial charge is 0.293 e. The van der Waals surface area contributed by atoms with Gasteiger partial charge in [0.15, 0.2) is 0 Å². The molecule has 3 N–H and O–H groups in total. The van der Waals surface area contributed by atoms with Crippen molar-refractivity contribution in [2.45, 2.75) is 50.9 Å². The van der Waals surface area contributed by atoms with Crippen LogP contribution >= 0.6 is 0 Å². The van der Waals surface area contributed by atoms with E-state index < -0.39 is 16.4 Å². The molecule has 0 unspecified atom stereocenters. The first-order valence-electron chi connectivity index (χ1n) is 8.50. The number of ether oxygens (including phenoxy) is 2. The van der Waals surface area contributed by atoms with E-state index in [-0.39, 0.29) is 29.1 Å². The van der Waals surface area contributed by atoms with Crippen molar-refractivity contribution in [2.75, 3.05) is 18.9 Å². The summed E-state index contributed by atoms with van der Waals surface area (Å²) in [6.07, 6.45) is 2.38. The molecule has 1 heterocycles. The lowest BCUT2D eigenvalue weighted by molar-refractivity contribution is -0.384. The number of aryl methyl sites for hydroxylation is 1. The van der Waals surface area contributed by atoms with Crippen molar-refractivity contribution in [3.63, 3.8) is 0 Å². The minimum absolute atomic E-state index is 0.0329. The lowest BCUT2D eigenvalue weighted by Crippen LogP contribution is -2.69. The van der Waals surface area contributed by atoms with Gasteiger partial charge in [0.2, 0.25) is 0 Å². The molecule has 8 nitrogen and oxygen atoms in total. The Morgan fingerprint density at radius 1 is 1.56 bits per heavy atom. The highest BCUT2D eigenvalue weighted by Gasteiger charge is 2.59. The minimum atomic E-state index is -0.574. The van der Waals surface area contributed by atoms with Crippen LogP contribution in [-0.4, -0.2) is 41.8 Å². The third-order valence-electron chi connectivity index (χ3n) is 5.08. The fourth-order valence-corrected chi connectivity index (χ4v) is 3.83. The predicted octanol–water partition coefficient (Wildman–Crippen LogP) is 1.94. The second kappa shape index (κ2) is 6.61. The van der Waals surface area contributed by atoms with Crippen molar-refractivity contribution in [1.82, 2.24) is 5.32 Å². The fraction of sp³-hybridized carbons (Fsp3) is 0.588. The number of hydrogen-bond acceptors (Lipinski definition) is 6. The number of benzene rings is 1. The first kappa shape index (κ1) is 17.6. The summed E-state index contributed by atoms with van der Waals surface area (Å²) in [6, 6.07) is 2.75. The zero-order valence-electron chi connectivity index (χ0n) is 14.4. The zero-order chi connectivity index (χ0) is 18.2. The maximum Gasteiger partial charge on any atom is 0.293 e. The summed E-state index contributed by atoms with van der Waals surface area (Å²) in [5.74, 6) is -0.417. The minimum Gasteiger partial charge on any atom is -0.393 e. The summed E-state index contributed by atoms with van der Waals surface area (Å²) < 4.78 is 11.7. The number of anilines is 1. The summed E-state index contributed by atoms with van der Waals surface area (Å²) in [6.45, 7) is 4.86. The first-order valence-corrected chi connectivity index (χ1v) is 8.50. The highest BCUT2D eigenvalue weighted by molar-refractivity contribution is 6.01. The molecular weight excluding hydrogens is 326 g/mol. The van der Waals surface area contributed by atoms with Crippen LogP contribution in [0.2, 0.25) is 0 Å². The molecule has 0 bridgehead atoms. The molecule has 1 aliphatic heterocycles. The van der Waals surface area contributed by atoms with Crippen molar-refractivity contribution in [3.8, 4) is 0 Å². The molecule has 1 aliphatic carbocycles. The van der Waals surface area contributed by atoms with Gasteiger partial charge in [0.1, 0.15) is 11.3 Å². The van der Waals surface area contributed by atoms with Gasteiger partial charge in [0.25, 0.3) is 11.6 Å². The Balaban J connectivity index is 1.80. The average Bonchev–Trinajstić information content (AvgIpc) is 3.08. The summed E-state index contributed by atoms with van der Waals surface area (Å²) in [5, 5.41) is 14.1. The van der Waals surface area contributed by atoms with E-state index in [0.29, 0.717) is 25.2 Å². The quantitative estimate of drug-likeness (QED) is 0.477. The average molecular weight is 349 g/mol. The number of nitrogens with zero attached hydrogens (tertiary/aromatic N) is 1. The Hall–Kier alpha value is -2.19. The van der Waals surface area contributed by atoms with Gasteiger partial charge in [0.05, 0.1) is 22.6 Å². The second-order valence-corrected chi connectivity index (χ2v) is 6.62. The molecule has 1 amide bonds. The van der Waals surface area contributed by atoms with Crippen LogP contribution in [0, 0.1) is 17.0 Å². The van der Waals surface area contributed by atoms with Crippen molar-refractivity contribution in [2.24, 2.45) is 0 Å². The third-order valence-corrected chi connectivity index (χ3v) is 5.08. The molecule has 3 rings (SSSR count). The largest absolute Gasteiger partial charge is 0.393 e. The van der Waals surface area contributed by atoms with Gasteiger partial charge in [-0.25, -0.2) is 0 Å². The van der Waals surface area contributed by atoms with E-state index in [9.17, 15) is 14.9 Å². The van der Waals surface area contributed by atoms with Crippen LogP contribution in [0.25, 0.3) is 0 Å². The highest BCUT2D eigenvalue weighted by atomic mass is 16.6. The molecule has 2 fully saturated rings. The van der Waals surface area contributed by atoms with Crippen LogP contribution in [-0.2, 0) is 9.47 Å². The number of carbonyl (C=O) groups is 1. The first-order chi connectivity index (χ1) is 11.9. The normalized spacial score (nSPS) is 27.9. The van der Waals surface area contributed by atoms with Gasteiger partial charge in [-0.3, -0.25) is 14.9 Å². The zero-order valence-corrected chi connectivity index (χ0v) is 14.4. The summed E-state index contributed by atoms with van der Waals surface area (Å²) in [7, 11) is 0. The molecular formula is C17H23N3O5. The van der Waals surface area contributed by atoms with Crippen LogP contribution in [0.15, 0.2) is 12.1 Å². The molecule has 1 aromatic carbocycles. The molecule has 1 saturated heterocycles. The number of nitrogen functional groups attached to an aromatic ring is 1. The molecule has 0 radical (unpaired) electrons. The van der Waals surface area contributed by atoms with Gasteiger partial charge < -0.3 is 20.5 Å². The van der Waals surface area contributed by atoms with Gasteiger partial charge >= 0.3 is 0 Å². The predicted molar refractivity (Wildman–Crippen MR) is 91.4 cm³/mol. The third kappa shape index (κ3) is 2.96. The summed E-state index contributed by atoms with van der Waals surface area (Å²) >= 11 is 0. The van der Waals surface area contributed by atoms with Crippen molar-refractivity contribution >= 4 is 17.3 Å². The maximum absolute atomic E-state index is 12.7. The monoisotopic (exact) mass is 349 g/mol. The molecule has 136 valence electrons. The van der Waals surface area contributed by atoms with Gasteiger partial charge in [0, 0.05) is 19.3 Å². The molecule has 8 heteroatoms. The number of carbonyl (C=O) groups excluding carboxylic acids is 1. The van der Waals surface area contributed by atoms with E-state index in [1.54, 1.807) is 13.0 Å². The number of nitro benzene ring substituents is 1. The SMILES string of the molecule is CCO[C@@H]1C[C@@H](NC(=O)c2cc(C)cc([N+](=O)[O-])c2N)[C@@]12CCCO2. The van der Waals surface area contributed by atoms with E-state index in [2.05, 4.69) is 5.32 Å². The number of rotatable bonds is 5. The molecule has 2 aliphatic rings. The number of amides is 1. The van der Waals surface area contributed by atoms with Gasteiger partial charge in [-0.15, -0.1) is 0 Å². The topological polar surface area (TPSA) is 117 Å².